The van der Waals surface area contributed by atoms with Crippen molar-refractivity contribution in [3.8, 4) is 5.75 Å². The molecule has 0 amide bonds. The SMILES string of the molecule is COCCOc1ccc2c(N)nccc2c1. The van der Waals surface area contributed by atoms with Gasteiger partial charge in [-0.1, -0.05) is 0 Å². The van der Waals surface area contributed by atoms with Crippen LogP contribution in [0.2, 0.25) is 0 Å². The molecule has 1 aromatic carbocycles. The van der Waals surface area contributed by atoms with Crippen molar-refractivity contribution in [2.24, 2.45) is 0 Å². The molecule has 0 unspecified atom stereocenters. The monoisotopic (exact) mass is 218 g/mol. The van der Waals surface area contributed by atoms with Gasteiger partial charge in [-0.15, -0.1) is 0 Å². The molecular formula is C12H14N2O2. The van der Waals surface area contributed by atoms with E-state index in [4.69, 9.17) is 15.2 Å². The van der Waals surface area contributed by atoms with Gasteiger partial charge in [0.1, 0.15) is 18.2 Å². The molecule has 0 spiro atoms. The van der Waals surface area contributed by atoms with Crippen molar-refractivity contribution in [3.63, 3.8) is 0 Å². The van der Waals surface area contributed by atoms with Crippen LogP contribution in [0.5, 0.6) is 5.75 Å². The minimum Gasteiger partial charge on any atom is -0.491 e. The van der Waals surface area contributed by atoms with Crippen LogP contribution in [0.25, 0.3) is 10.8 Å². The zero-order valence-corrected chi connectivity index (χ0v) is 9.14. The Labute approximate surface area is 94.0 Å². The molecule has 2 rings (SSSR count). The summed E-state index contributed by atoms with van der Waals surface area (Å²) < 4.78 is 10.4. The van der Waals surface area contributed by atoms with Gasteiger partial charge >= 0.3 is 0 Å². The maximum Gasteiger partial charge on any atom is 0.131 e. The number of nitrogens with two attached hydrogens (primary N) is 1. The third-order valence-corrected chi connectivity index (χ3v) is 2.32. The van der Waals surface area contributed by atoms with Gasteiger partial charge in [0.25, 0.3) is 0 Å². The second kappa shape index (κ2) is 4.81. The topological polar surface area (TPSA) is 57.4 Å². The number of methoxy groups -OCH3 is 1. The van der Waals surface area contributed by atoms with E-state index in [9.17, 15) is 0 Å². The van der Waals surface area contributed by atoms with Crippen LogP contribution < -0.4 is 10.5 Å². The van der Waals surface area contributed by atoms with Gasteiger partial charge in [-0.25, -0.2) is 4.98 Å². The van der Waals surface area contributed by atoms with Crippen molar-refractivity contribution >= 4 is 16.6 Å². The second-order valence-corrected chi connectivity index (χ2v) is 3.42. The molecule has 2 N–H and O–H groups in total. The molecule has 4 nitrogen and oxygen atoms in total. The number of aromatic nitrogens is 1. The molecule has 0 aliphatic rings. The van der Waals surface area contributed by atoms with Gasteiger partial charge in [-0.05, 0) is 29.7 Å². The predicted molar refractivity (Wildman–Crippen MR) is 63.5 cm³/mol. The predicted octanol–water partition coefficient (Wildman–Crippen LogP) is 1.84. The van der Waals surface area contributed by atoms with E-state index in [-0.39, 0.29) is 0 Å². The van der Waals surface area contributed by atoms with Crippen LogP contribution in [0.3, 0.4) is 0 Å². The number of nitrogens with zero attached hydrogens (tertiary/aromatic N) is 1. The van der Waals surface area contributed by atoms with Crippen molar-refractivity contribution < 1.29 is 9.47 Å². The Hall–Kier alpha value is -1.81. The average Bonchev–Trinajstić information content (AvgIpc) is 2.30. The third kappa shape index (κ3) is 2.23. The summed E-state index contributed by atoms with van der Waals surface area (Å²) in [5.74, 6) is 1.36. The standard InChI is InChI=1S/C12H14N2O2/c1-15-6-7-16-10-2-3-11-9(8-10)4-5-14-12(11)13/h2-5,8H,6-7H2,1H3,(H2,13,14). The van der Waals surface area contributed by atoms with Crippen LogP contribution in [0.15, 0.2) is 30.5 Å². The molecule has 0 fully saturated rings. The first-order valence-corrected chi connectivity index (χ1v) is 5.07. The molecule has 0 radical (unpaired) electrons. The van der Waals surface area contributed by atoms with Crippen molar-refractivity contribution in [1.82, 2.24) is 4.98 Å². The highest BCUT2D eigenvalue weighted by atomic mass is 16.5. The number of hydrogen-bond acceptors (Lipinski definition) is 4. The average molecular weight is 218 g/mol. The molecule has 16 heavy (non-hydrogen) atoms. The Morgan fingerprint density at radius 2 is 2.12 bits per heavy atom. The Morgan fingerprint density at radius 3 is 2.94 bits per heavy atom. The molecule has 2 aromatic rings. The van der Waals surface area contributed by atoms with Crippen LogP contribution in [0.1, 0.15) is 0 Å². The normalized spacial score (nSPS) is 10.6. The van der Waals surface area contributed by atoms with Gasteiger partial charge in [-0.2, -0.15) is 0 Å². The van der Waals surface area contributed by atoms with Crippen LogP contribution in [0.4, 0.5) is 5.82 Å². The Bertz CT molecular complexity index is 485. The van der Waals surface area contributed by atoms with Crippen molar-refractivity contribution in [2.75, 3.05) is 26.1 Å². The molecule has 0 saturated heterocycles. The number of pyridine rings is 1. The van der Waals surface area contributed by atoms with E-state index in [0.29, 0.717) is 19.0 Å². The number of benzene rings is 1. The lowest BCUT2D eigenvalue weighted by Crippen LogP contribution is -2.04. The van der Waals surface area contributed by atoms with Gasteiger partial charge in [0.2, 0.25) is 0 Å². The van der Waals surface area contributed by atoms with E-state index in [1.165, 1.54) is 0 Å². The summed E-state index contributed by atoms with van der Waals surface area (Å²) in [7, 11) is 1.65. The highest BCUT2D eigenvalue weighted by molar-refractivity contribution is 5.91. The van der Waals surface area contributed by atoms with Gasteiger partial charge in [-0.3, -0.25) is 0 Å². The third-order valence-electron chi connectivity index (χ3n) is 2.32. The van der Waals surface area contributed by atoms with Crippen LogP contribution in [0, 0.1) is 0 Å². The van der Waals surface area contributed by atoms with E-state index in [2.05, 4.69) is 4.98 Å². The smallest absolute Gasteiger partial charge is 0.131 e. The highest BCUT2D eigenvalue weighted by Gasteiger charge is 2.00. The fourth-order valence-electron chi connectivity index (χ4n) is 1.51. The maximum atomic E-state index is 5.76. The van der Waals surface area contributed by atoms with Gasteiger partial charge < -0.3 is 15.2 Å². The first-order valence-electron chi connectivity index (χ1n) is 5.07. The molecule has 0 bridgehead atoms. The number of nitrogen functional groups attached to an aromatic ring is 1. The molecule has 1 aromatic heterocycles. The van der Waals surface area contributed by atoms with Crippen LogP contribution >= 0.6 is 0 Å². The molecule has 84 valence electrons. The molecule has 0 saturated carbocycles. The van der Waals surface area contributed by atoms with Gasteiger partial charge in [0.15, 0.2) is 0 Å². The quantitative estimate of drug-likeness (QED) is 0.795. The summed E-state index contributed by atoms with van der Waals surface area (Å²) in [6.07, 6.45) is 1.69. The minimum atomic E-state index is 0.543. The molecule has 1 heterocycles. The van der Waals surface area contributed by atoms with Crippen molar-refractivity contribution in [1.29, 1.82) is 0 Å². The lowest BCUT2D eigenvalue weighted by Gasteiger charge is -2.07. The summed E-state index contributed by atoms with van der Waals surface area (Å²) in [4.78, 5) is 4.03. The molecule has 0 aliphatic carbocycles. The number of ether oxygens (including phenoxy) is 2. The number of hydrogen-bond donors (Lipinski definition) is 1. The Morgan fingerprint density at radius 1 is 1.25 bits per heavy atom. The summed E-state index contributed by atoms with van der Waals surface area (Å²) in [6, 6.07) is 7.66. The highest BCUT2D eigenvalue weighted by Crippen LogP contribution is 2.23. The lowest BCUT2D eigenvalue weighted by molar-refractivity contribution is 0.146. The second-order valence-electron chi connectivity index (χ2n) is 3.42. The van der Waals surface area contributed by atoms with E-state index < -0.39 is 0 Å². The van der Waals surface area contributed by atoms with E-state index in [0.717, 1.165) is 16.5 Å². The van der Waals surface area contributed by atoms with Crippen LogP contribution in [-0.2, 0) is 4.74 Å². The van der Waals surface area contributed by atoms with E-state index >= 15 is 0 Å². The molecular weight excluding hydrogens is 204 g/mol. The fourth-order valence-corrected chi connectivity index (χ4v) is 1.51. The number of fused-ring (bicyclic) bond motifs is 1. The van der Waals surface area contributed by atoms with Gasteiger partial charge in [0.05, 0.1) is 6.61 Å². The molecule has 0 atom stereocenters. The Balaban J connectivity index is 2.23. The first-order chi connectivity index (χ1) is 7.81. The zero-order valence-electron chi connectivity index (χ0n) is 9.14. The van der Waals surface area contributed by atoms with Crippen LogP contribution in [-0.4, -0.2) is 25.3 Å². The van der Waals surface area contributed by atoms with Crippen molar-refractivity contribution in [2.45, 2.75) is 0 Å². The van der Waals surface area contributed by atoms with E-state index in [1.807, 2.05) is 24.3 Å². The lowest BCUT2D eigenvalue weighted by atomic mass is 10.1. The maximum absolute atomic E-state index is 5.76. The summed E-state index contributed by atoms with van der Waals surface area (Å²) in [5, 5.41) is 1.98. The zero-order chi connectivity index (χ0) is 11.4. The first kappa shape index (κ1) is 10.7. The largest absolute Gasteiger partial charge is 0.491 e. The number of anilines is 1. The van der Waals surface area contributed by atoms with E-state index in [1.54, 1.807) is 13.3 Å². The van der Waals surface area contributed by atoms with Gasteiger partial charge in [0, 0.05) is 18.7 Å². The Kier molecular flexibility index (Phi) is 3.22. The van der Waals surface area contributed by atoms with Crippen molar-refractivity contribution in [3.05, 3.63) is 30.5 Å². The molecule has 4 heteroatoms. The summed E-state index contributed by atoms with van der Waals surface area (Å²) in [5.41, 5.74) is 5.76. The minimum absolute atomic E-state index is 0.543. The summed E-state index contributed by atoms with van der Waals surface area (Å²) >= 11 is 0. The number of rotatable bonds is 4. The fraction of sp³-hybridized carbons (Fsp3) is 0.250. The molecule has 0 aliphatic heterocycles. The summed E-state index contributed by atoms with van der Waals surface area (Å²) in [6.45, 7) is 1.12.